The minimum absolute atomic E-state index is 0.0329. The molecule has 24 heavy (non-hydrogen) atoms. The molecule has 0 aliphatic heterocycles. The molecule has 1 aromatic carbocycles. The highest BCUT2D eigenvalue weighted by Gasteiger charge is 2.29. The first-order valence-corrected chi connectivity index (χ1v) is 10.1. The molecule has 0 spiro atoms. The van der Waals surface area contributed by atoms with Gasteiger partial charge < -0.3 is 5.32 Å². The molecule has 0 radical (unpaired) electrons. The van der Waals surface area contributed by atoms with Crippen LogP contribution in [0.1, 0.15) is 68.1 Å². The van der Waals surface area contributed by atoms with Crippen LogP contribution in [0.3, 0.4) is 0 Å². The second kappa shape index (κ2) is 8.58. The molecule has 1 N–H and O–H groups in total. The van der Waals surface area contributed by atoms with E-state index in [2.05, 4.69) is 10.7 Å². The van der Waals surface area contributed by atoms with Crippen LogP contribution >= 0.6 is 11.8 Å². The molecule has 3 nitrogen and oxygen atoms in total. The van der Waals surface area contributed by atoms with Crippen molar-refractivity contribution < 1.29 is 4.79 Å². The first-order valence-electron chi connectivity index (χ1n) is 9.23. The number of thiocyanates is 1. The lowest BCUT2D eigenvalue weighted by Gasteiger charge is -2.36. The van der Waals surface area contributed by atoms with Gasteiger partial charge >= 0.3 is 0 Å². The molecule has 4 heteroatoms. The summed E-state index contributed by atoms with van der Waals surface area (Å²) >= 11 is 1.06. The van der Waals surface area contributed by atoms with Crippen LogP contribution < -0.4 is 5.32 Å². The summed E-state index contributed by atoms with van der Waals surface area (Å²) in [6, 6.07) is 7.66. The van der Waals surface area contributed by atoms with Crippen LogP contribution in [0.2, 0.25) is 0 Å². The van der Waals surface area contributed by atoms with Gasteiger partial charge in [-0.15, -0.1) is 0 Å². The number of thioether (sulfide) groups is 1. The highest BCUT2D eigenvalue weighted by molar-refractivity contribution is 8.03. The van der Waals surface area contributed by atoms with Crippen molar-refractivity contribution in [2.75, 3.05) is 0 Å². The van der Waals surface area contributed by atoms with Crippen LogP contribution in [-0.4, -0.2) is 11.9 Å². The predicted octanol–water partition coefficient (Wildman–Crippen LogP) is 5.13. The van der Waals surface area contributed by atoms with Crippen LogP contribution in [0, 0.1) is 22.5 Å². The Hall–Kier alpha value is -1.47. The quantitative estimate of drug-likeness (QED) is 0.609. The van der Waals surface area contributed by atoms with E-state index in [0.29, 0.717) is 5.56 Å². The van der Waals surface area contributed by atoms with Gasteiger partial charge in [0.2, 0.25) is 0 Å². The van der Waals surface area contributed by atoms with Crippen molar-refractivity contribution in [3.8, 4) is 5.40 Å². The number of rotatable bonds is 4. The molecule has 1 aromatic rings. The van der Waals surface area contributed by atoms with Crippen LogP contribution in [0.5, 0.6) is 0 Å². The number of carbonyl (C=O) groups excluding carboxylic acids is 1. The predicted molar refractivity (Wildman–Crippen MR) is 97.7 cm³/mol. The molecule has 2 aliphatic carbocycles. The van der Waals surface area contributed by atoms with E-state index in [0.717, 1.165) is 41.3 Å². The summed E-state index contributed by atoms with van der Waals surface area (Å²) in [4.78, 5) is 13.3. The van der Waals surface area contributed by atoms with Crippen molar-refractivity contribution in [1.82, 2.24) is 5.32 Å². The second-order valence-corrected chi connectivity index (χ2v) is 8.00. The molecule has 2 saturated carbocycles. The zero-order valence-electron chi connectivity index (χ0n) is 14.2. The Kier molecular flexibility index (Phi) is 6.20. The van der Waals surface area contributed by atoms with E-state index in [4.69, 9.17) is 5.26 Å². The average molecular weight is 343 g/mol. The lowest BCUT2D eigenvalue weighted by Crippen LogP contribution is -2.39. The number of hydrogen-bond acceptors (Lipinski definition) is 3. The summed E-state index contributed by atoms with van der Waals surface area (Å²) in [5, 5.41) is 14.1. The maximum Gasteiger partial charge on any atom is 0.252 e. The summed E-state index contributed by atoms with van der Waals surface area (Å²) < 4.78 is 0. The first kappa shape index (κ1) is 17.4. The minimum Gasteiger partial charge on any atom is -0.349 e. The van der Waals surface area contributed by atoms with Gasteiger partial charge in [0.25, 0.3) is 5.91 Å². The van der Waals surface area contributed by atoms with Gasteiger partial charge in [0, 0.05) is 10.9 Å². The molecule has 0 saturated heterocycles. The molecule has 0 aromatic heterocycles. The van der Waals surface area contributed by atoms with Gasteiger partial charge in [0.05, 0.1) is 5.56 Å². The Morgan fingerprint density at radius 2 is 1.67 bits per heavy atom. The van der Waals surface area contributed by atoms with E-state index in [1.54, 1.807) is 0 Å². The number of hydrogen-bond donors (Lipinski definition) is 1. The number of nitrogens with one attached hydrogen (secondary N) is 1. The van der Waals surface area contributed by atoms with Crippen LogP contribution in [0.25, 0.3) is 0 Å². The van der Waals surface area contributed by atoms with Crippen LogP contribution in [0.15, 0.2) is 29.2 Å². The highest BCUT2D eigenvalue weighted by Crippen LogP contribution is 2.38. The topological polar surface area (TPSA) is 52.9 Å². The van der Waals surface area contributed by atoms with Crippen LogP contribution in [-0.2, 0) is 0 Å². The Bertz CT molecular complexity index is 596. The third-order valence-corrected chi connectivity index (χ3v) is 6.38. The van der Waals surface area contributed by atoms with E-state index >= 15 is 0 Å². The van der Waals surface area contributed by atoms with E-state index < -0.39 is 0 Å². The van der Waals surface area contributed by atoms with Crippen LogP contribution in [0.4, 0.5) is 0 Å². The molecular formula is C20H26N2OS. The van der Waals surface area contributed by atoms with Crippen molar-refractivity contribution in [3.63, 3.8) is 0 Å². The van der Waals surface area contributed by atoms with E-state index in [9.17, 15) is 4.79 Å². The largest absolute Gasteiger partial charge is 0.349 e. The van der Waals surface area contributed by atoms with Gasteiger partial charge in [0.15, 0.2) is 0 Å². The molecule has 0 bridgehead atoms. The summed E-state index contributed by atoms with van der Waals surface area (Å²) in [5.74, 6) is 1.78. The fourth-order valence-electron chi connectivity index (χ4n) is 4.40. The number of nitriles is 1. The third-order valence-electron chi connectivity index (χ3n) is 5.71. The standard InChI is InChI=1S/C20H26N2OS/c21-14-24-19-9-5-4-8-18(19)20(23)22-17-12-10-16(11-13-17)15-6-2-1-3-7-15/h4-5,8-9,15-17H,1-3,6-7,10-13H2,(H,22,23). The monoisotopic (exact) mass is 342 g/mol. The second-order valence-electron chi connectivity index (χ2n) is 7.17. The number of amides is 1. The number of nitrogens with zero attached hydrogens (tertiary/aromatic N) is 1. The van der Waals surface area contributed by atoms with Gasteiger partial charge in [-0.1, -0.05) is 44.2 Å². The summed E-state index contributed by atoms with van der Waals surface area (Å²) in [5.41, 5.74) is 0.624. The SMILES string of the molecule is N#CSc1ccccc1C(=O)NC1CCC(C2CCCCC2)CC1. The normalized spacial score (nSPS) is 25.0. The Morgan fingerprint density at radius 3 is 2.38 bits per heavy atom. The Balaban J connectivity index is 1.52. The maximum atomic E-state index is 12.6. The van der Waals surface area contributed by atoms with Gasteiger partial charge in [-0.2, -0.15) is 5.26 Å². The molecule has 3 rings (SSSR count). The fraction of sp³-hybridized carbons (Fsp3) is 0.600. The zero-order valence-corrected chi connectivity index (χ0v) is 15.0. The molecule has 0 heterocycles. The smallest absolute Gasteiger partial charge is 0.252 e. The summed E-state index contributed by atoms with van der Waals surface area (Å²) in [7, 11) is 0. The molecule has 2 fully saturated rings. The molecular weight excluding hydrogens is 316 g/mol. The minimum atomic E-state index is -0.0329. The summed E-state index contributed by atoms with van der Waals surface area (Å²) in [6.07, 6.45) is 11.8. The van der Waals surface area contributed by atoms with E-state index in [1.807, 2.05) is 24.3 Å². The number of carbonyl (C=O) groups is 1. The van der Waals surface area contributed by atoms with Gasteiger partial charge in [-0.3, -0.25) is 4.79 Å². The van der Waals surface area contributed by atoms with Gasteiger partial charge in [0.1, 0.15) is 5.40 Å². The first-order chi connectivity index (χ1) is 11.8. The Labute approximate surface area is 149 Å². The molecule has 128 valence electrons. The maximum absolute atomic E-state index is 12.6. The van der Waals surface area contributed by atoms with Crippen molar-refractivity contribution in [2.24, 2.45) is 11.8 Å². The van der Waals surface area contributed by atoms with E-state index in [-0.39, 0.29) is 11.9 Å². The number of benzene rings is 1. The lowest BCUT2D eigenvalue weighted by molar-refractivity contribution is 0.0907. The third kappa shape index (κ3) is 4.33. The summed E-state index contributed by atoms with van der Waals surface area (Å²) in [6.45, 7) is 0. The molecule has 0 atom stereocenters. The van der Waals surface area contributed by atoms with Crippen molar-refractivity contribution >= 4 is 17.7 Å². The molecule has 2 aliphatic rings. The average Bonchev–Trinajstić information content (AvgIpc) is 2.64. The van der Waals surface area contributed by atoms with Crippen molar-refractivity contribution in [2.45, 2.75) is 68.7 Å². The van der Waals surface area contributed by atoms with Crippen molar-refractivity contribution in [3.05, 3.63) is 29.8 Å². The molecule has 0 unspecified atom stereocenters. The molecule has 1 amide bonds. The lowest BCUT2D eigenvalue weighted by atomic mass is 9.72. The zero-order chi connectivity index (χ0) is 16.8. The highest BCUT2D eigenvalue weighted by atomic mass is 32.2. The van der Waals surface area contributed by atoms with Gasteiger partial charge in [-0.25, -0.2) is 0 Å². The Morgan fingerprint density at radius 1 is 1.00 bits per heavy atom. The van der Waals surface area contributed by atoms with Crippen molar-refractivity contribution in [1.29, 1.82) is 5.26 Å². The fourth-order valence-corrected chi connectivity index (χ4v) is 4.91. The van der Waals surface area contributed by atoms with E-state index in [1.165, 1.54) is 44.9 Å². The van der Waals surface area contributed by atoms with Gasteiger partial charge in [-0.05, 0) is 61.4 Å².